The topological polar surface area (TPSA) is 135 Å². The highest BCUT2D eigenvalue weighted by Crippen LogP contribution is 2.40. The van der Waals surface area contributed by atoms with E-state index in [1.165, 1.54) is 9.80 Å². The van der Waals surface area contributed by atoms with Crippen molar-refractivity contribution in [2.24, 2.45) is 14.1 Å². The van der Waals surface area contributed by atoms with Gasteiger partial charge in [-0.25, -0.2) is 0 Å². The quantitative estimate of drug-likeness (QED) is 0.178. The Hall–Kier alpha value is -5.20. The Balaban J connectivity index is 0.831. The minimum atomic E-state index is -0.338. The van der Waals surface area contributed by atoms with Crippen molar-refractivity contribution in [3.05, 3.63) is 71.4 Å². The average Bonchev–Trinajstić information content (AvgIpc) is 3.87. The zero-order valence-electron chi connectivity index (χ0n) is 24.8. The number of furan rings is 2. The first kappa shape index (κ1) is 27.4. The third kappa shape index (κ3) is 3.85. The zero-order valence-corrected chi connectivity index (χ0v) is 24.8. The molecule has 6 aromatic rings. The second-order valence-electron chi connectivity index (χ2n) is 11.6. The molecule has 0 saturated carbocycles. The molecule has 4 aromatic heterocycles. The van der Waals surface area contributed by atoms with E-state index in [-0.39, 0.29) is 36.7 Å². The van der Waals surface area contributed by atoms with E-state index < -0.39 is 0 Å². The molecule has 2 N–H and O–H groups in total. The fraction of sp³-hybridized carbons (Fsp3) is 0.273. The summed E-state index contributed by atoms with van der Waals surface area (Å²) >= 11 is 0. The molecule has 0 saturated heterocycles. The number of carbonyl (C=O) groups is 4. The van der Waals surface area contributed by atoms with Gasteiger partial charge in [0.15, 0.2) is 0 Å². The lowest BCUT2D eigenvalue weighted by molar-refractivity contribution is 0.0641. The fourth-order valence-electron chi connectivity index (χ4n) is 6.94. The van der Waals surface area contributed by atoms with Gasteiger partial charge in [0.2, 0.25) is 0 Å². The maximum absolute atomic E-state index is 13.4. The first-order valence-electron chi connectivity index (χ1n) is 15.0. The molecule has 0 radical (unpaired) electrons. The molecule has 228 valence electrons. The molecule has 0 spiro atoms. The van der Waals surface area contributed by atoms with Crippen LogP contribution >= 0.6 is 0 Å². The van der Waals surface area contributed by atoms with Gasteiger partial charge in [-0.1, -0.05) is 0 Å². The van der Waals surface area contributed by atoms with Gasteiger partial charge in [-0.3, -0.25) is 29.0 Å². The van der Waals surface area contributed by atoms with Crippen LogP contribution < -0.4 is 10.6 Å². The van der Waals surface area contributed by atoms with E-state index in [0.717, 1.165) is 39.0 Å². The summed E-state index contributed by atoms with van der Waals surface area (Å²) in [4.78, 5) is 56.0. The third-order valence-electron chi connectivity index (χ3n) is 9.05. The van der Waals surface area contributed by atoms with Gasteiger partial charge in [-0.2, -0.15) is 0 Å². The summed E-state index contributed by atoms with van der Waals surface area (Å²) in [5.41, 5.74) is 3.84. The van der Waals surface area contributed by atoms with E-state index in [1.54, 1.807) is 12.5 Å². The molecule has 0 atom stereocenters. The summed E-state index contributed by atoms with van der Waals surface area (Å²) in [6.07, 6.45) is 7.64. The van der Waals surface area contributed by atoms with Crippen LogP contribution in [0.2, 0.25) is 0 Å². The van der Waals surface area contributed by atoms with E-state index in [1.807, 2.05) is 59.9 Å². The molecule has 12 heteroatoms. The number of benzene rings is 2. The highest BCUT2D eigenvalue weighted by molar-refractivity contribution is 6.33. The van der Waals surface area contributed by atoms with Gasteiger partial charge in [-0.15, -0.1) is 0 Å². The van der Waals surface area contributed by atoms with Crippen molar-refractivity contribution in [2.45, 2.75) is 6.42 Å². The van der Waals surface area contributed by atoms with Crippen LogP contribution in [0.3, 0.4) is 0 Å². The second kappa shape index (κ2) is 10.2. The summed E-state index contributed by atoms with van der Waals surface area (Å²) in [6, 6.07) is 7.52. The maximum atomic E-state index is 13.4. The first-order chi connectivity index (χ1) is 21.9. The van der Waals surface area contributed by atoms with Crippen molar-refractivity contribution in [1.82, 2.24) is 29.6 Å². The van der Waals surface area contributed by atoms with Crippen LogP contribution in [0.1, 0.15) is 47.9 Å². The number of rotatable bonds is 10. The number of nitrogens with zero attached hydrogens (tertiary/aromatic N) is 4. The summed E-state index contributed by atoms with van der Waals surface area (Å²) in [5.74, 6) is -1.29. The molecule has 6 heterocycles. The van der Waals surface area contributed by atoms with Gasteiger partial charge in [0.1, 0.15) is 11.2 Å². The molecule has 45 heavy (non-hydrogen) atoms. The van der Waals surface area contributed by atoms with Crippen molar-refractivity contribution in [2.75, 3.05) is 39.3 Å². The SMILES string of the molecule is Cn1ccc2c3ccoc3c3c(c21)C(=O)N(CCNCCCNCCN1C(=O)c2c(c4c(ccn4C)c4ccoc24)C1=O)C3=O. The van der Waals surface area contributed by atoms with Crippen LogP contribution in [0.25, 0.3) is 43.7 Å². The minimum absolute atomic E-state index is 0.241. The zero-order chi connectivity index (χ0) is 31.0. The number of aromatic nitrogens is 2. The predicted molar refractivity (Wildman–Crippen MR) is 166 cm³/mol. The standard InChI is InChI=1S/C33H30N6O6/c1-36-12-4-18-20-6-16-44-28(20)24-22(26(18)36)30(40)38(32(24)42)14-10-34-8-3-9-35-11-15-39-31(41)23-25(33(39)43)29-21(7-17-45-29)19-5-13-37(2)27(19)23/h4-7,12-13,16-17,34-35H,3,8-11,14-15H2,1-2H3. The fourth-order valence-corrected chi connectivity index (χ4v) is 6.94. The van der Waals surface area contributed by atoms with E-state index >= 15 is 0 Å². The lowest BCUT2D eigenvalue weighted by Crippen LogP contribution is -2.38. The van der Waals surface area contributed by atoms with Gasteiger partial charge in [-0.05, 0) is 43.8 Å². The number of amides is 4. The lowest BCUT2D eigenvalue weighted by atomic mass is 10.0. The minimum Gasteiger partial charge on any atom is -0.463 e. The second-order valence-corrected chi connectivity index (χ2v) is 11.6. The van der Waals surface area contributed by atoms with E-state index in [2.05, 4.69) is 10.6 Å². The van der Waals surface area contributed by atoms with Crippen molar-refractivity contribution in [3.63, 3.8) is 0 Å². The number of imide groups is 2. The molecule has 0 aliphatic carbocycles. The van der Waals surface area contributed by atoms with E-state index in [0.29, 0.717) is 59.6 Å². The van der Waals surface area contributed by atoms with E-state index in [9.17, 15) is 19.2 Å². The van der Waals surface area contributed by atoms with Gasteiger partial charge in [0.05, 0.1) is 45.8 Å². The number of carbonyl (C=O) groups excluding carboxylic acids is 4. The Bertz CT molecular complexity index is 2080. The highest BCUT2D eigenvalue weighted by atomic mass is 16.3. The summed E-state index contributed by atoms with van der Waals surface area (Å²) in [5, 5.41) is 10.0. The molecular weight excluding hydrogens is 576 g/mol. The largest absolute Gasteiger partial charge is 0.463 e. The number of aryl methyl sites for hydroxylation is 2. The molecule has 0 bridgehead atoms. The van der Waals surface area contributed by atoms with Crippen LogP contribution in [0.5, 0.6) is 0 Å². The van der Waals surface area contributed by atoms with Crippen molar-refractivity contribution in [1.29, 1.82) is 0 Å². The summed E-state index contributed by atoms with van der Waals surface area (Å²) < 4.78 is 15.0. The smallest absolute Gasteiger partial charge is 0.265 e. The van der Waals surface area contributed by atoms with Crippen LogP contribution in [0, 0.1) is 0 Å². The Morgan fingerprint density at radius 1 is 0.556 bits per heavy atom. The Kier molecular flexibility index (Phi) is 6.19. The molecule has 4 amide bonds. The summed E-state index contributed by atoms with van der Waals surface area (Å²) in [7, 11) is 3.73. The van der Waals surface area contributed by atoms with Crippen LogP contribution in [-0.2, 0) is 14.1 Å². The van der Waals surface area contributed by atoms with Crippen LogP contribution in [0.4, 0.5) is 0 Å². The number of hydrogen-bond donors (Lipinski definition) is 2. The van der Waals surface area contributed by atoms with Crippen molar-refractivity contribution in [3.8, 4) is 0 Å². The summed E-state index contributed by atoms with van der Waals surface area (Å²) in [6.45, 7) is 2.71. The number of hydrogen-bond acceptors (Lipinski definition) is 8. The molecule has 8 rings (SSSR count). The lowest BCUT2D eigenvalue weighted by Gasteiger charge is -2.15. The molecule has 2 aliphatic heterocycles. The number of fused-ring (bicyclic) bond motifs is 12. The van der Waals surface area contributed by atoms with Crippen molar-refractivity contribution < 1.29 is 28.0 Å². The molecule has 12 nitrogen and oxygen atoms in total. The van der Waals surface area contributed by atoms with Gasteiger partial charge < -0.3 is 28.6 Å². The highest BCUT2D eigenvalue weighted by Gasteiger charge is 2.42. The normalized spacial score (nSPS) is 14.9. The number of nitrogens with one attached hydrogen (secondary N) is 2. The Labute approximate surface area is 256 Å². The van der Waals surface area contributed by atoms with E-state index in [4.69, 9.17) is 8.83 Å². The maximum Gasteiger partial charge on any atom is 0.265 e. The third-order valence-corrected chi connectivity index (χ3v) is 9.05. The van der Waals surface area contributed by atoms with Gasteiger partial charge >= 0.3 is 0 Å². The van der Waals surface area contributed by atoms with Gasteiger partial charge in [0.25, 0.3) is 23.6 Å². The molecular formula is C33H30N6O6. The van der Waals surface area contributed by atoms with Crippen LogP contribution in [0.15, 0.2) is 58.0 Å². The monoisotopic (exact) mass is 606 g/mol. The molecule has 2 aliphatic rings. The average molecular weight is 607 g/mol. The first-order valence-corrected chi connectivity index (χ1v) is 15.0. The Morgan fingerprint density at radius 3 is 1.42 bits per heavy atom. The van der Waals surface area contributed by atoms with Crippen LogP contribution in [-0.4, -0.2) is 81.8 Å². The molecule has 0 unspecified atom stereocenters. The predicted octanol–water partition coefficient (Wildman–Crippen LogP) is 3.62. The molecule has 2 aromatic carbocycles. The van der Waals surface area contributed by atoms with Crippen molar-refractivity contribution >= 4 is 67.4 Å². The van der Waals surface area contributed by atoms with Gasteiger partial charge in [0, 0.05) is 74.2 Å². The molecule has 0 fully saturated rings. The Morgan fingerprint density at radius 2 is 0.978 bits per heavy atom.